The van der Waals surface area contributed by atoms with Crippen LogP contribution in [-0.4, -0.2) is 48.1 Å². The first-order valence-electron chi connectivity index (χ1n) is 7.86. The molecule has 0 spiro atoms. The summed E-state index contributed by atoms with van der Waals surface area (Å²) in [5.41, 5.74) is 1.67. The second kappa shape index (κ2) is 5.59. The average Bonchev–Trinajstić information content (AvgIpc) is 3.21. The molecule has 9 nitrogen and oxygen atoms in total. The van der Waals surface area contributed by atoms with Crippen molar-refractivity contribution < 1.29 is 4.79 Å². The van der Waals surface area contributed by atoms with Gasteiger partial charge in [-0.3, -0.25) is 9.48 Å². The fourth-order valence-corrected chi connectivity index (χ4v) is 2.93. The van der Waals surface area contributed by atoms with Crippen molar-refractivity contribution in [2.24, 2.45) is 0 Å². The first kappa shape index (κ1) is 14.6. The van der Waals surface area contributed by atoms with Crippen molar-refractivity contribution in [1.82, 2.24) is 34.9 Å². The van der Waals surface area contributed by atoms with Gasteiger partial charge in [0.05, 0.1) is 18.8 Å². The van der Waals surface area contributed by atoms with E-state index < -0.39 is 0 Å². The zero-order valence-electron chi connectivity index (χ0n) is 13.5. The first-order chi connectivity index (χ1) is 11.6. The van der Waals surface area contributed by atoms with Crippen molar-refractivity contribution >= 4 is 17.4 Å². The molecule has 1 amide bonds. The molecule has 3 aromatic heterocycles. The van der Waals surface area contributed by atoms with Crippen LogP contribution in [0.4, 0.5) is 5.82 Å². The Morgan fingerprint density at radius 2 is 2.21 bits per heavy atom. The fourth-order valence-electron chi connectivity index (χ4n) is 2.93. The summed E-state index contributed by atoms with van der Waals surface area (Å²) in [6, 6.07) is 5.39. The van der Waals surface area contributed by atoms with Crippen LogP contribution >= 0.6 is 0 Å². The molecule has 1 aliphatic heterocycles. The Morgan fingerprint density at radius 3 is 3.04 bits per heavy atom. The first-order valence-corrected chi connectivity index (χ1v) is 7.86. The standard InChI is InChI=1S/C15H18N8O/c1-10(2)18-15(24)12-8-21(7-11-5-6-17-23(11)12)14-4-3-13-19-16-9-22(13)20-14/h3-6,9-10,12H,7-8H2,1-2H3,(H,18,24). The predicted molar refractivity (Wildman–Crippen MR) is 86.4 cm³/mol. The Bertz CT molecular complexity index is 882. The van der Waals surface area contributed by atoms with Crippen LogP contribution in [0.15, 0.2) is 30.7 Å². The van der Waals surface area contributed by atoms with E-state index in [1.807, 2.05) is 32.0 Å². The lowest BCUT2D eigenvalue weighted by molar-refractivity contribution is -0.125. The quantitative estimate of drug-likeness (QED) is 0.749. The third-order valence-corrected chi connectivity index (χ3v) is 4.00. The monoisotopic (exact) mass is 326 g/mol. The van der Waals surface area contributed by atoms with Gasteiger partial charge in [0, 0.05) is 12.2 Å². The number of hydrogen-bond donors (Lipinski definition) is 1. The second-order valence-corrected chi connectivity index (χ2v) is 6.15. The number of rotatable bonds is 3. The summed E-state index contributed by atoms with van der Waals surface area (Å²) in [5.74, 6) is 0.738. The molecule has 9 heteroatoms. The van der Waals surface area contributed by atoms with E-state index in [2.05, 4.69) is 30.6 Å². The Hall–Kier alpha value is -2.97. The Morgan fingerprint density at radius 1 is 1.33 bits per heavy atom. The number of carbonyl (C=O) groups is 1. The predicted octanol–water partition coefficient (Wildman–Crippen LogP) is 0.407. The number of anilines is 1. The van der Waals surface area contributed by atoms with E-state index in [9.17, 15) is 4.79 Å². The van der Waals surface area contributed by atoms with Gasteiger partial charge in [-0.25, -0.2) is 0 Å². The fraction of sp³-hybridized carbons (Fsp3) is 0.400. The number of amides is 1. The molecule has 4 rings (SSSR count). The van der Waals surface area contributed by atoms with Crippen LogP contribution in [0.2, 0.25) is 0 Å². The van der Waals surface area contributed by atoms with E-state index in [0.29, 0.717) is 18.7 Å². The summed E-state index contributed by atoms with van der Waals surface area (Å²) in [6.45, 7) is 5.05. The van der Waals surface area contributed by atoms with Crippen LogP contribution in [0.25, 0.3) is 5.65 Å². The third kappa shape index (κ3) is 2.47. The Labute approximate surface area is 138 Å². The molecule has 124 valence electrons. The topological polar surface area (TPSA) is 93.2 Å². The van der Waals surface area contributed by atoms with Crippen molar-refractivity contribution in [2.75, 3.05) is 11.4 Å². The normalized spacial score (nSPS) is 17.3. The Kier molecular flexibility index (Phi) is 3.40. The molecule has 1 aliphatic rings. The van der Waals surface area contributed by atoms with Crippen LogP contribution in [0.5, 0.6) is 0 Å². The maximum atomic E-state index is 12.6. The van der Waals surface area contributed by atoms with Crippen molar-refractivity contribution in [3.8, 4) is 0 Å². The molecule has 3 aromatic rings. The van der Waals surface area contributed by atoms with E-state index in [1.165, 1.54) is 0 Å². The molecule has 1 unspecified atom stereocenters. The highest BCUT2D eigenvalue weighted by Crippen LogP contribution is 2.24. The summed E-state index contributed by atoms with van der Waals surface area (Å²) < 4.78 is 3.43. The van der Waals surface area contributed by atoms with Crippen molar-refractivity contribution in [1.29, 1.82) is 0 Å². The minimum atomic E-state index is -0.385. The van der Waals surface area contributed by atoms with Gasteiger partial charge in [-0.1, -0.05) is 0 Å². The number of nitrogens with zero attached hydrogens (tertiary/aromatic N) is 7. The minimum Gasteiger partial charge on any atom is -0.352 e. The van der Waals surface area contributed by atoms with Gasteiger partial charge in [0.1, 0.15) is 18.2 Å². The lowest BCUT2D eigenvalue weighted by Gasteiger charge is -2.34. The highest BCUT2D eigenvalue weighted by Gasteiger charge is 2.31. The van der Waals surface area contributed by atoms with Gasteiger partial charge in [-0.05, 0) is 32.0 Å². The highest BCUT2D eigenvalue weighted by molar-refractivity contribution is 5.81. The average molecular weight is 326 g/mol. The molecule has 0 aliphatic carbocycles. The molecule has 0 radical (unpaired) electrons. The highest BCUT2D eigenvalue weighted by atomic mass is 16.2. The molecule has 0 saturated carbocycles. The van der Waals surface area contributed by atoms with Crippen molar-refractivity contribution in [3.63, 3.8) is 0 Å². The number of carbonyl (C=O) groups excluding carboxylic acids is 1. The molecule has 0 aromatic carbocycles. The van der Waals surface area contributed by atoms with Gasteiger partial charge < -0.3 is 10.2 Å². The van der Waals surface area contributed by atoms with Crippen LogP contribution < -0.4 is 10.2 Å². The molecular weight excluding hydrogens is 308 g/mol. The van der Waals surface area contributed by atoms with Crippen LogP contribution in [0, 0.1) is 0 Å². The van der Waals surface area contributed by atoms with E-state index in [0.717, 1.165) is 11.5 Å². The van der Waals surface area contributed by atoms with Gasteiger partial charge in [-0.15, -0.1) is 15.3 Å². The summed E-state index contributed by atoms with van der Waals surface area (Å²) in [6.07, 6.45) is 3.29. The summed E-state index contributed by atoms with van der Waals surface area (Å²) in [4.78, 5) is 14.6. The summed E-state index contributed by atoms with van der Waals surface area (Å²) >= 11 is 0. The number of fused-ring (bicyclic) bond motifs is 2. The van der Waals surface area contributed by atoms with E-state index in [-0.39, 0.29) is 18.0 Å². The second-order valence-electron chi connectivity index (χ2n) is 6.15. The lowest BCUT2D eigenvalue weighted by Crippen LogP contribution is -2.46. The molecular formula is C15H18N8O. The molecule has 0 saturated heterocycles. The van der Waals surface area contributed by atoms with Gasteiger partial charge in [0.2, 0.25) is 5.91 Å². The van der Waals surface area contributed by atoms with Gasteiger partial charge >= 0.3 is 0 Å². The summed E-state index contributed by atoms with van der Waals surface area (Å²) in [7, 11) is 0. The molecule has 0 bridgehead atoms. The third-order valence-electron chi connectivity index (χ3n) is 4.00. The molecule has 1 N–H and O–H groups in total. The van der Waals surface area contributed by atoms with E-state index in [1.54, 1.807) is 21.7 Å². The molecule has 0 fully saturated rings. The Balaban J connectivity index is 1.67. The molecule has 24 heavy (non-hydrogen) atoms. The van der Waals surface area contributed by atoms with Crippen molar-refractivity contribution in [3.05, 3.63) is 36.4 Å². The van der Waals surface area contributed by atoms with Crippen molar-refractivity contribution in [2.45, 2.75) is 32.5 Å². The largest absolute Gasteiger partial charge is 0.352 e. The number of hydrogen-bond acceptors (Lipinski definition) is 6. The number of nitrogens with one attached hydrogen (secondary N) is 1. The maximum Gasteiger partial charge on any atom is 0.246 e. The number of aromatic nitrogens is 6. The van der Waals surface area contributed by atoms with Crippen LogP contribution in [0.3, 0.4) is 0 Å². The zero-order valence-corrected chi connectivity index (χ0v) is 13.5. The SMILES string of the molecule is CC(C)NC(=O)C1CN(c2ccc3nncn3n2)Cc2ccnn21. The maximum absolute atomic E-state index is 12.6. The van der Waals surface area contributed by atoms with Gasteiger partial charge in [0.25, 0.3) is 0 Å². The summed E-state index contributed by atoms with van der Waals surface area (Å²) in [5, 5.41) is 19.6. The molecule has 4 heterocycles. The minimum absolute atomic E-state index is 0.0370. The zero-order chi connectivity index (χ0) is 16.7. The van der Waals surface area contributed by atoms with Gasteiger partial charge in [-0.2, -0.15) is 9.61 Å². The van der Waals surface area contributed by atoms with E-state index >= 15 is 0 Å². The molecule has 1 atom stereocenters. The smallest absolute Gasteiger partial charge is 0.246 e. The van der Waals surface area contributed by atoms with E-state index in [4.69, 9.17) is 0 Å². The van der Waals surface area contributed by atoms with Crippen LogP contribution in [0.1, 0.15) is 25.6 Å². The van der Waals surface area contributed by atoms with Crippen LogP contribution in [-0.2, 0) is 11.3 Å². The lowest BCUT2D eigenvalue weighted by atomic mass is 10.1. The van der Waals surface area contributed by atoms with Gasteiger partial charge in [0.15, 0.2) is 5.65 Å².